The van der Waals surface area contributed by atoms with Crippen LogP contribution in [0, 0.1) is 0 Å². The fraction of sp³-hybridized carbons (Fsp3) is 0.381. The van der Waals surface area contributed by atoms with Gasteiger partial charge in [-0.15, -0.1) is 0 Å². The number of aryl methyl sites for hydroxylation is 1. The first kappa shape index (κ1) is 22.2. The van der Waals surface area contributed by atoms with E-state index >= 15 is 0 Å². The molecule has 1 N–H and O–H groups in total. The van der Waals surface area contributed by atoms with Crippen molar-refractivity contribution >= 4 is 39.3 Å². The summed E-state index contributed by atoms with van der Waals surface area (Å²) >= 11 is 7.95. The van der Waals surface area contributed by atoms with Crippen molar-refractivity contribution in [3.63, 3.8) is 0 Å². The van der Waals surface area contributed by atoms with Crippen molar-refractivity contribution in [2.24, 2.45) is 0 Å². The van der Waals surface area contributed by atoms with Crippen LogP contribution in [0.3, 0.4) is 0 Å². The second-order valence-corrected chi connectivity index (χ2v) is 10.6. The molecule has 0 spiro atoms. The molecule has 1 amide bonds. The molecule has 1 fully saturated rings. The van der Waals surface area contributed by atoms with E-state index in [9.17, 15) is 13.2 Å². The second kappa shape index (κ2) is 9.98. The molecule has 8 heteroatoms. The highest BCUT2D eigenvalue weighted by molar-refractivity contribution is 7.99. The van der Waals surface area contributed by atoms with Crippen LogP contribution in [0.25, 0.3) is 0 Å². The number of sulfonamides is 1. The fourth-order valence-electron chi connectivity index (χ4n) is 3.18. The van der Waals surface area contributed by atoms with E-state index in [0.29, 0.717) is 13.1 Å². The van der Waals surface area contributed by atoms with Gasteiger partial charge in [0, 0.05) is 30.6 Å². The number of nitrogens with one attached hydrogen (secondary N) is 1. The zero-order valence-corrected chi connectivity index (χ0v) is 18.7. The minimum atomic E-state index is -3.63. The maximum Gasteiger partial charge on any atom is 0.253 e. The molecule has 0 aromatic heterocycles. The Hall–Kier alpha value is -1.54. The summed E-state index contributed by atoms with van der Waals surface area (Å²) in [6.45, 7) is 2.89. The number of hydrogen-bond acceptors (Lipinski definition) is 4. The van der Waals surface area contributed by atoms with Gasteiger partial charge >= 0.3 is 0 Å². The van der Waals surface area contributed by atoms with E-state index in [1.165, 1.54) is 28.1 Å². The Labute approximate surface area is 181 Å². The first-order chi connectivity index (χ1) is 13.9. The lowest BCUT2D eigenvalue weighted by atomic mass is 10.1. The summed E-state index contributed by atoms with van der Waals surface area (Å²) in [4.78, 5) is 12.8. The van der Waals surface area contributed by atoms with Crippen molar-refractivity contribution in [3.8, 4) is 0 Å². The summed E-state index contributed by atoms with van der Waals surface area (Å²) in [5.74, 6) is 1.19. The lowest BCUT2D eigenvalue weighted by molar-refractivity contribution is 0.0938. The maximum atomic E-state index is 12.9. The fourth-order valence-corrected chi connectivity index (χ4v) is 5.98. The first-order valence-corrected chi connectivity index (χ1v) is 12.6. The minimum absolute atomic E-state index is 0.0712. The molecule has 0 radical (unpaired) electrons. The molecule has 5 nitrogen and oxygen atoms in total. The zero-order chi connectivity index (χ0) is 20.9. The van der Waals surface area contributed by atoms with Crippen molar-refractivity contribution in [3.05, 3.63) is 64.7 Å². The maximum absolute atomic E-state index is 12.9. The predicted octanol–water partition coefficient (Wildman–Crippen LogP) is 3.83. The second-order valence-electron chi connectivity index (χ2n) is 7.06. The molecule has 1 saturated heterocycles. The summed E-state index contributed by atoms with van der Waals surface area (Å²) in [6.07, 6.45) is 1.62. The van der Waals surface area contributed by atoms with Crippen LogP contribution in [0.15, 0.2) is 53.4 Å². The van der Waals surface area contributed by atoms with E-state index in [1.807, 2.05) is 25.1 Å². The molecule has 156 valence electrons. The molecule has 0 bridgehead atoms. The van der Waals surface area contributed by atoms with Gasteiger partial charge in [-0.1, -0.05) is 41.9 Å². The number of hydrogen-bond donors (Lipinski definition) is 1. The highest BCUT2D eigenvalue weighted by Crippen LogP contribution is 2.25. The Bertz CT molecular complexity index is 946. The molecular weight excluding hydrogens is 428 g/mol. The van der Waals surface area contributed by atoms with Gasteiger partial charge < -0.3 is 5.32 Å². The zero-order valence-electron chi connectivity index (χ0n) is 16.3. The molecule has 2 aromatic carbocycles. The normalized spacial score (nSPS) is 16.3. The van der Waals surface area contributed by atoms with Gasteiger partial charge in [0.1, 0.15) is 0 Å². The summed E-state index contributed by atoms with van der Waals surface area (Å²) in [5, 5.41) is 3.17. The predicted molar refractivity (Wildman–Crippen MR) is 119 cm³/mol. The van der Waals surface area contributed by atoms with Gasteiger partial charge in [-0.25, -0.2) is 8.42 Å². The number of thioether (sulfide) groups is 1. The smallest absolute Gasteiger partial charge is 0.253 e. The highest BCUT2D eigenvalue weighted by Gasteiger charge is 2.27. The van der Waals surface area contributed by atoms with Gasteiger partial charge in [-0.2, -0.15) is 16.1 Å². The molecule has 0 aliphatic carbocycles. The van der Waals surface area contributed by atoms with Crippen LogP contribution in [0.1, 0.15) is 29.3 Å². The van der Waals surface area contributed by atoms with E-state index in [0.717, 1.165) is 24.3 Å². The number of carbonyl (C=O) groups is 1. The Morgan fingerprint density at radius 2 is 1.86 bits per heavy atom. The molecule has 0 saturated carbocycles. The Morgan fingerprint density at radius 3 is 2.55 bits per heavy atom. The van der Waals surface area contributed by atoms with Gasteiger partial charge in [0.05, 0.1) is 15.5 Å². The standard InChI is InChI=1S/C21H25ClN2O3S2/c1-16(7-8-17-5-3-2-4-6-17)23-21(25)19-15-18(9-10-20(19)22)29(26,27)24-11-13-28-14-12-24/h2-6,9-10,15-16H,7-8,11-14H2,1H3,(H,23,25)/t16-/m1/s1. The Balaban J connectivity index is 1.69. The molecule has 0 unspecified atom stereocenters. The molecule has 3 rings (SSSR count). The summed E-state index contributed by atoms with van der Waals surface area (Å²) in [6, 6.07) is 14.3. The molecular formula is C21H25ClN2O3S2. The number of carbonyl (C=O) groups excluding carboxylic acids is 1. The number of benzene rings is 2. The van der Waals surface area contributed by atoms with Crippen molar-refractivity contribution in [2.45, 2.75) is 30.7 Å². The van der Waals surface area contributed by atoms with E-state index in [2.05, 4.69) is 17.4 Å². The van der Waals surface area contributed by atoms with Gasteiger partial charge in [0.15, 0.2) is 0 Å². The van der Waals surface area contributed by atoms with Crippen LogP contribution >= 0.6 is 23.4 Å². The van der Waals surface area contributed by atoms with Crippen LogP contribution in [-0.4, -0.2) is 49.3 Å². The minimum Gasteiger partial charge on any atom is -0.350 e. The van der Waals surface area contributed by atoms with Crippen LogP contribution in [0.5, 0.6) is 0 Å². The lowest BCUT2D eigenvalue weighted by Gasteiger charge is -2.25. The van der Waals surface area contributed by atoms with Crippen LogP contribution < -0.4 is 5.32 Å². The number of amides is 1. The van der Waals surface area contributed by atoms with Crippen LogP contribution in [0.4, 0.5) is 0 Å². The number of halogens is 1. The average Bonchev–Trinajstić information content (AvgIpc) is 2.73. The van der Waals surface area contributed by atoms with E-state index < -0.39 is 10.0 Å². The molecule has 2 aromatic rings. The third-order valence-electron chi connectivity index (χ3n) is 4.88. The van der Waals surface area contributed by atoms with Crippen LogP contribution in [-0.2, 0) is 16.4 Å². The number of rotatable bonds is 7. The van der Waals surface area contributed by atoms with Gasteiger partial charge in [0.2, 0.25) is 10.0 Å². The van der Waals surface area contributed by atoms with Gasteiger partial charge in [0.25, 0.3) is 5.91 Å². The third-order valence-corrected chi connectivity index (χ3v) is 8.04. The Kier molecular flexibility index (Phi) is 7.62. The van der Waals surface area contributed by atoms with Crippen LogP contribution in [0.2, 0.25) is 5.02 Å². The van der Waals surface area contributed by atoms with Gasteiger partial charge in [-0.3, -0.25) is 4.79 Å². The largest absolute Gasteiger partial charge is 0.350 e. The lowest BCUT2D eigenvalue weighted by Crippen LogP contribution is -2.38. The van der Waals surface area contributed by atoms with Gasteiger partial charge in [-0.05, 0) is 43.5 Å². The molecule has 1 aliphatic rings. The quantitative estimate of drug-likeness (QED) is 0.693. The topological polar surface area (TPSA) is 66.5 Å². The van der Waals surface area contributed by atoms with E-state index in [1.54, 1.807) is 11.8 Å². The van der Waals surface area contributed by atoms with Crippen molar-refractivity contribution in [2.75, 3.05) is 24.6 Å². The molecule has 29 heavy (non-hydrogen) atoms. The van der Waals surface area contributed by atoms with E-state index in [-0.39, 0.29) is 27.4 Å². The van der Waals surface area contributed by atoms with Crippen molar-refractivity contribution < 1.29 is 13.2 Å². The first-order valence-electron chi connectivity index (χ1n) is 9.60. The Morgan fingerprint density at radius 1 is 1.17 bits per heavy atom. The number of nitrogens with zero attached hydrogens (tertiary/aromatic N) is 1. The summed E-state index contributed by atoms with van der Waals surface area (Å²) < 4.78 is 27.3. The molecule has 1 atom stereocenters. The summed E-state index contributed by atoms with van der Waals surface area (Å²) in [5.41, 5.74) is 1.39. The van der Waals surface area contributed by atoms with E-state index in [4.69, 9.17) is 11.6 Å². The monoisotopic (exact) mass is 452 g/mol. The van der Waals surface area contributed by atoms with Crippen molar-refractivity contribution in [1.82, 2.24) is 9.62 Å². The average molecular weight is 453 g/mol. The third kappa shape index (κ3) is 5.75. The molecule has 1 heterocycles. The molecule has 1 aliphatic heterocycles. The highest BCUT2D eigenvalue weighted by atomic mass is 35.5. The van der Waals surface area contributed by atoms with Crippen molar-refractivity contribution in [1.29, 1.82) is 0 Å². The SMILES string of the molecule is C[C@H](CCc1ccccc1)NC(=O)c1cc(S(=O)(=O)N2CCSCC2)ccc1Cl. The summed E-state index contributed by atoms with van der Waals surface area (Å²) in [7, 11) is -3.63.